The fourth-order valence-corrected chi connectivity index (χ4v) is 1.59. The Kier molecular flexibility index (Phi) is 5.37. The van der Waals surface area contributed by atoms with Gasteiger partial charge in [0.2, 0.25) is 5.89 Å². The zero-order valence-corrected chi connectivity index (χ0v) is 11.8. The fourth-order valence-electron chi connectivity index (χ4n) is 1.59. The van der Waals surface area contributed by atoms with Crippen molar-refractivity contribution >= 4 is 11.7 Å². The average molecular weight is 276 g/mol. The Bertz CT molecular complexity index is 510. The van der Waals surface area contributed by atoms with E-state index in [0.717, 1.165) is 31.0 Å². The van der Waals surface area contributed by atoms with Gasteiger partial charge in [0.15, 0.2) is 0 Å². The van der Waals surface area contributed by atoms with Crippen LogP contribution in [0.2, 0.25) is 0 Å². The van der Waals surface area contributed by atoms with E-state index in [1.54, 1.807) is 0 Å². The van der Waals surface area contributed by atoms with Crippen LogP contribution >= 0.6 is 0 Å². The van der Waals surface area contributed by atoms with Crippen LogP contribution in [0.3, 0.4) is 0 Å². The minimum Gasteiger partial charge on any atom is -0.494 e. The van der Waals surface area contributed by atoms with Crippen LogP contribution in [0.5, 0.6) is 5.75 Å². The van der Waals surface area contributed by atoms with E-state index in [1.165, 1.54) is 0 Å². The Morgan fingerprint density at radius 2 is 1.95 bits per heavy atom. The summed E-state index contributed by atoms with van der Waals surface area (Å²) in [6.45, 7) is 6.28. The summed E-state index contributed by atoms with van der Waals surface area (Å²) >= 11 is 0. The molecule has 0 amide bonds. The van der Waals surface area contributed by atoms with E-state index >= 15 is 0 Å². The molecule has 0 spiro atoms. The van der Waals surface area contributed by atoms with E-state index in [2.05, 4.69) is 27.8 Å². The summed E-state index contributed by atoms with van der Waals surface area (Å²) in [7, 11) is 0. The first-order chi connectivity index (χ1) is 9.81. The van der Waals surface area contributed by atoms with Crippen LogP contribution in [0.15, 0.2) is 28.7 Å². The quantitative estimate of drug-likeness (QED) is 0.772. The summed E-state index contributed by atoms with van der Waals surface area (Å²) in [5.74, 6) is 1.42. The van der Waals surface area contributed by atoms with Gasteiger partial charge in [-0.05, 0) is 37.2 Å². The molecule has 0 unspecified atom stereocenters. The number of rotatable bonds is 8. The van der Waals surface area contributed by atoms with Gasteiger partial charge in [-0.1, -0.05) is 18.9 Å². The minimum atomic E-state index is 0.389. The molecule has 2 aromatic rings. The second kappa shape index (κ2) is 7.49. The number of benzene rings is 1. The van der Waals surface area contributed by atoms with Crippen molar-refractivity contribution in [3.05, 3.63) is 30.2 Å². The molecule has 0 radical (unpaired) electrons. The van der Waals surface area contributed by atoms with Gasteiger partial charge in [-0.15, -0.1) is 5.10 Å². The molecule has 0 fully saturated rings. The van der Waals surface area contributed by atoms with E-state index in [1.807, 2.05) is 31.2 Å². The van der Waals surface area contributed by atoms with Crippen molar-refractivity contribution in [3.63, 3.8) is 0 Å². The highest BCUT2D eigenvalue weighted by atomic mass is 16.5. The first kappa shape index (κ1) is 14.3. The summed E-state index contributed by atoms with van der Waals surface area (Å²) in [6.07, 6.45) is 0.997. The van der Waals surface area contributed by atoms with E-state index in [9.17, 15) is 0 Å². The van der Waals surface area contributed by atoms with Gasteiger partial charge in [0.05, 0.1) is 13.2 Å². The number of aromatic nitrogens is 2. The number of anilines is 2. The number of nitrogens with zero attached hydrogens (tertiary/aromatic N) is 2. The monoisotopic (exact) mass is 276 g/mol. The SMILES string of the molecule is CCCOc1ccc(Nc2nnc(CNCC)o2)cc1. The smallest absolute Gasteiger partial charge is 0.320 e. The largest absolute Gasteiger partial charge is 0.494 e. The van der Waals surface area contributed by atoms with E-state index in [-0.39, 0.29) is 0 Å². The zero-order chi connectivity index (χ0) is 14.2. The Hall–Kier alpha value is -2.08. The maximum absolute atomic E-state index is 5.52. The molecule has 1 aromatic carbocycles. The van der Waals surface area contributed by atoms with Crippen LogP contribution in [0.1, 0.15) is 26.2 Å². The average Bonchev–Trinajstić information content (AvgIpc) is 2.92. The molecule has 6 nitrogen and oxygen atoms in total. The van der Waals surface area contributed by atoms with Crippen molar-refractivity contribution in [1.82, 2.24) is 15.5 Å². The number of ether oxygens (including phenoxy) is 1. The number of hydrogen-bond acceptors (Lipinski definition) is 6. The van der Waals surface area contributed by atoms with Gasteiger partial charge < -0.3 is 19.8 Å². The molecule has 0 bridgehead atoms. The molecule has 0 aliphatic rings. The summed E-state index contributed by atoms with van der Waals surface area (Å²) in [4.78, 5) is 0. The maximum atomic E-state index is 5.52. The van der Waals surface area contributed by atoms with Crippen molar-refractivity contribution in [3.8, 4) is 5.75 Å². The summed E-state index contributed by atoms with van der Waals surface area (Å²) in [6, 6.07) is 8.04. The molecule has 6 heteroatoms. The standard InChI is InChI=1S/C14H20N4O2/c1-3-9-19-12-7-5-11(6-8-12)16-14-18-17-13(20-14)10-15-4-2/h5-8,15H,3-4,9-10H2,1-2H3,(H,16,18). The minimum absolute atomic E-state index is 0.389. The molecular weight excluding hydrogens is 256 g/mol. The molecule has 0 saturated heterocycles. The topological polar surface area (TPSA) is 72.2 Å². The van der Waals surface area contributed by atoms with Crippen molar-refractivity contribution < 1.29 is 9.15 Å². The second-order valence-corrected chi connectivity index (χ2v) is 4.28. The highest BCUT2D eigenvalue weighted by Crippen LogP contribution is 2.19. The van der Waals surface area contributed by atoms with Crippen LogP contribution < -0.4 is 15.4 Å². The van der Waals surface area contributed by atoms with E-state index in [4.69, 9.17) is 9.15 Å². The van der Waals surface area contributed by atoms with Gasteiger partial charge in [-0.3, -0.25) is 0 Å². The highest BCUT2D eigenvalue weighted by Gasteiger charge is 2.05. The molecule has 0 aliphatic heterocycles. The van der Waals surface area contributed by atoms with Gasteiger partial charge in [0.1, 0.15) is 5.75 Å². The van der Waals surface area contributed by atoms with Crippen molar-refractivity contribution in [2.45, 2.75) is 26.8 Å². The van der Waals surface area contributed by atoms with Crippen LogP contribution in [-0.2, 0) is 6.54 Å². The fraction of sp³-hybridized carbons (Fsp3) is 0.429. The lowest BCUT2D eigenvalue weighted by atomic mass is 10.3. The van der Waals surface area contributed by atoms with Gasteiger partial charge in [0.25, 0.3) is 0 Å². The van der Waals surface area contributed by atoms with E-state index < -0.39 is 0 Å². The molecule has 1 heterocycles. The van der Waals surface area contributed by atoms with Crippen LogP contribution in [0.4, 0.5) is 11.7 Å². The molecule has 0 atom stereocenters. The van der Waals surface area contributed by atoms with Gasteiger partial charge in [-0.2, -0.15) is 0 Å². The van der Waals surface area contributed by atoms with Crippen LogP contribution in [0.25, 0.3) is 0 Å². The Balaban J connectivity index is 1.90. The van der Waals surface area contributed by atoms with Crippen LogP contribution in [-0.4, -0.2) is 23.3 Å². The molecular formula is C14H20N4O2. The predicted molar refractivity (Wildman–Crippen MR) is 77.2 cm³/mol. The third kappa shape index (κ3) is 4.24. The first-order valence-corrected chi connectivity index (χ1v) is 6.84. The Morgan fingerprint density at radius 3 is 2.65 bits per heavy atom. The molecule has 1 aromatic heterocycles. The van der Waals surface area contributed by atoms with Gasteiger partial charge in [0, 0.05) is 5.69 Å². The van der Waals surface area contributed by atoms with Gasteiger partial charge in [-0.25, -0.2) is 0 Å². The zero-order valence-electron chi connectivity index (χ0n) is 11.8. The molecule has 0 saturated carbocycles. The lowest BCUT2D eigenvalue weighted by molar-refractivity contribution is 0.317. The number of hydrogen-bond donors (Lipinski definition) is 2. The van der Waals surface area contributed by atoms with Crippen molar-refractivity contribution in [2.24, 2.45) is 0 Å². The Morgan fingerprint density at radius 1 is 1.15 bits per heavy atom. The second-order valence-electron chi connectivity index (χ2n) is 4.28. The van der Waals surface area contributed by atoms with Crippen molar-refractivity contribution in [2.75, 3.05) is 18.5 Å². The van der Waals surface area contributed by atoms with E-state index in [0.29, 0.717) is 18.5 Å². The third-order valence-electron chi connectivity index (χ3n) is 2.57. The predicted octanol–water partition coefficient (Wildman–Crippen LogP) is 2.71. The summed E-state index contributed by atoms with van der Waals surface area (Å²) in [5.41, 5.74) is 0.882. The lowest BCUT2D eigenvalue weighted by Gasteiger charge is -2.05. The number of nitrogens with one attached hydrogen (secondary N) is 2. The maximum Gasteiger partial charge on any atom is 0.320 e. The van der Waals surface area contributed by atoms with Gasteiger partial charge >= 0.3 is 6.01 Å². The van der Waals surface area contributed by atoms with Crippen LogP contribution in [0, 0.1) is 0 Å². The third-order valence-corrected chi connectivity index (χ3v) is 2.57. The molecule has 0 aliphatic carbocycles. The summed E-state index contributed by atoms with van der Waals surface area (Å²) in [5, 5.41) is 14.1. The molecule has 2 N–H and O–H groups in total. The summed E-state index contributed by atoms with van der Waals surface area (Å²) < 4.78 is 11.0. The normalized spacial score (nSPS) is 10.5. The molecule has 2 rings (SSSR count). The van der Waals surface area contributed by atoms with Crippen molar-refractivity contribution in [1.29, 1.82) is 0 Å². The molecule has 20 heavy (non-hydrogen) atoms. The Labute approximate surface area is 118 Å². The molecule has 108 valence electrons. The highest BCUT2D eigenvalue weighted by molar-refractivity contribution is 5.53. The first-order valence-electron chi connectivity index (χ1n) is 6.84. The lowest BCUT2D eigenvalue weighted by Crippen LogP contribution is -2.11.